The fourth-order valence-corrected chi connectivity index (χ4v) is 5.17. The third-order valence-corrected chi connectivity index (χ3v) is 7.00. The predicted octanol–water partition coefficient (Wildman–Crippen LogP) is 5.57. The minimum Gasteiger partial charge on any atom is -0.368 e. The van der Waals surface area contributed by atoms with Gasteiger partial charge in [-0.15, -0.1) is 0 Å². The number of nitrogens with zero attached hydrogens (tertiary/aromatic N) is 5. The number of likely N-dealkylation sites (tertiary alicyclic amines) is 1. The van der Waals surface area contributed by atoms with Crippen molar-refractivity contribution in [3.8, 4) is 11.1 Å². The van der Waals surface area contributed by atoms with Gasteiger partial charge in [-0.2, -0.15) is 0 Å². The van der Waals surface area contributed by atoms with Gasteiger partial charge in [-0.25, -0.2) is 15.0 Å². The van der Waals surface area contributed by atoms with Crippen LogP contribution >= 0.6 is 11.6 Å². The number of fused-ring (bicyclic) bond motifs is 1. The molecule has 2 aromatic heterocycles. The normalized spacial score (nSPS) is 16.1. The highest BCUT2D eigenvalue weighted by molar-refractivity contribution is 6.30. The third kappa shape index (κ3) is 4.86. The van der Waals surface area contributed by atoms with Crippen LogP contribution in [0.1, 0.15) is 49.7 Å². The van der Waals surface area contributed by atoms with Gasteiger partial charge in [-0.1, -0.05) is 35.9 Å². The van der Waals surface area contributed by atoms with Gasteiger partial charge in [0.2, 0.25) is 11.9 Å². The second kappa shape index (κ2) is 10.0. The number of anilines is 1. The number of rotatable bonds is 6. The smallest absolute Gasteiger partial charge is 0.223 e. The number of carbonyl (C=O) groups is 1. The molecule has 1 saturated heterocycles. The molecular weight excluding hydrogens is 460 g/mol. The van der Waals surface area contributed by atoms with Gasteiger partial charge in [0.25, 0.3) is 0 Å². The maximum Gasteiger partial charge on any atom is 0.223 e. The molecule has 5 rings (SSSR count). The summed E-state index contributed by atoms with van der Waals surface area (Å²) in [6.07, 6.45) is 5.86. The van der Waals surface area contributed by atoms with Gasteiger partial charge in [0.05, 0.1) is 22.8 Å². The van der Waals surface area contributed by atoms with Crippen LogP contribution in [0.15, 0.2) is 54.7 Å². The topological polar surface area (TPSA) is 89.9 Å². The number of hydrogen-bond acceptors (Lipinski definition) is 5. The summed E-state index contributed by atoms with van der Waals surface area (Å²) >= 11 is 6.10. The van der Waals surface area contributed by atoms with E-state index in [2.05, 4.69) is 25.6 Å². The molecule has 2 N–H and O–H groups in total. The number of halogens is 1. The number of carbonyl (C=O) groups excluding carboxylic acids is 1. The molecule has 1 aliphatic rings. The molecule has 1 amide bonds. The molecule has 3 heterocycles. The number of piperidine rings is 1. The molecular formula is C27H29ClN6O. The molecule has 1 fully saturated rings. The first-order chi connectivity index (χ1) is 17.0. The minimum absolute atomic E-state index is 0.122. The SMILES string of the molecule is Cc1nc2ccccc2n1CCCC(=O)N1CCCC[C@H]1c1nc(N)ncc1-c1ccc(Cl)cc1. The standard InChI is InChI=1S/C27H29ClN6O/c1-18-31-22-7-2-3-8-23(22)33(18)16-6-10-25(35)34-15-5-4-9-24(34)26-21(17-30-27(29)32-26)19-11-13-20(28)14-12-19/h2-3,7-8,11-14,17,24H,4-6,9-10,15-16H2,1H3,(H2,29,30,32)/t24-/m0/s1. The van der Waals surface area contributed by atoms with Crippen LogP contribution in [0.25, 0.3) is 22.2 Å². The summed E-state index contributed by atoms with van der Waals surface area (Å²) in [6, 6.07) is 15.6. The van der Waals surface area contributed by atoms with Crippen LogP contribution in [0.4, 0.5) is 5.95 Å². The third-order valence-electron chi connectivity index (χ3n) is 6.75. The Morgan fingerprint density at radius 3 is 2.74 bits per heavy atom. The summed E-state index contributed by atoms with van der Waals surface area (Å²) in [7, 11) is 0. The fourth-order valence-electron chi connectivity index (χ4n) is 5.04. The number of para-hydroxylation sites is 2. The van der Waals surface area contributed by atoms with Crippen LogP contribution in [0.3, 0.4) is 0 Å². The van der Waals surface area contributed by atoms with Gasteiger partial charge in [0.1, 0.15) is 5.82 Å². The number of imidazole rings is 1. The van der Waals surface area contributed by atoms with Gasteiger partial charge in [-0.05, 0) is 62.4 Å². The molecule has 35 heavy (non-hydrogen) atoms. The highest BCUT2D eigenvalue weighted by Gasteiger charge is 2.31. The van der Waals surface area contributed by atoms with E-state index >= 15 is 0 Å². The Kier molecular flexibility index (Phi) is 6.68. The molecule has 1 atom stereocenters. The molecule has 7 nitrogen and oxygen atoms in total. The zero-order valence-electron chi connectivity index (χ0n) is 19.8. The Balaban J connectivity index is 1.35. The van der Waals surface area contributed by atoms with E-state index < -0.39 is 0 Å². The van der Waals surface area contributed by atoms with Crippen molar-refractivity contribution in [1.29, 1.82) is 0 Å². The summed E-state index contributed by atoms with van der Waals surface area (Å²) in [6.45, 7) is 3.49. The maximum absolute atomic E-state index is 13.4. The number of nitrogen functional groups attached to an aromatic ring is 1. The van der Waals surface area contributed by atoms with Gasteiger partial charge < -0.3 is 15.2 Å². The Morgan fingerprint density at radius 1 is 1.11 bits per heavy atom. The largest absolute Gasteiger partial charge is 0.368 e. The van der Waals surface area contributed by atoms with Crippen molar-refractivity contribution in [1.82, 2.24) is 24.4 Å². The van der Waals surface area contributed by atoms with E-state index in [-0.39, 0.29) is 17.9 Å². The molecule has 0 saturated carbocycles. The van der Waals surface area contributed by atoms with Crippen LogP contribution in [-0.4, -0.2) is 36.9 Å². The average Bonchev–Trinajstić information content (AvgIpc) is 3.19. The second-order valence-electron chi connectivity index (χ2n) is 9.04. The van der Waals surface area contributed by atoms with Crippen molar-refractivity contribution in [3.05, 3.63) is 71.3 Å². The van der Waals surface area contributed by atoms with E-state index in [1.165, 1.54) is 0 Å². The molecule has 180 valence electrons. The van der Waals surface area contributed by atoms with E-state index in [4.69, 9.17) is 17.3 Å². The minimum atomic E-state index is -0.122. The molecule has 2 aromatic carbocycles. The Morgan fingerprint density at radius 2 is 1.91 bits per heavy atom. The number of aryl methyl sites for hydroxylation is 2. The van der Waals surface area contributed by atoms with Crippen LogP contribution in [0.5, 0.6) is 0 Å². The molecule has 0 aliphatic carbocycles. The average molecular weight is 489 g/mol. The molecule has 1 aliphatic heterocycles. The first-order valence-corrected chi connectivity index (χ1v) is 12.5. The zero-order valence-corrected chi connectivity index (χ0v) is 20.6. The van der Waals surface area contributed by atoms with Crippen molar-refractivity contribution in [3.63, 3.8) is 0 Å². The van der Waals surface area contributed by atoms with Crippen LogP contribution in [-0.2, 0) is 11.3 Å². The number of hydrogen-bond donors (Lipinski definition) is 1. The lowest BCUT2D eigenvalue weighted by Gasteiger charge is -2.36. The lowest BCUT2D eigenvalue weighted by atomic mass is 9.93. The molecule has 0 unspecified atom stereocenters. The number of benzene rings is 2. The van der Waals surface area contributed by atoms with Crippen LogP contribution < -0.4 is 5.73 Å². The maximum atomic E-state index is 13.4. The molecule has 8 heteroatoms. The summed E-state index contributed by atoms with van der Waals surface area (Å²) in [4.78, 5) is 28.9. The summed E-state index contributed by atoms with van der Waals surface area (Å²) in [5.41, 5.74) is 10.8. The van der Waals surface area contributed by atoms with E-state index in [9.17, 15) is 4.79 Å². The monoisotopic (exact) mass is 488 g/mol. The van der Waals surface area contributed by atoms with E-state index in [1.54, 1.807) is 6.20 Å². The lowest BCUT2D eigenvalue weighted by molar-refractivity contribution is -0.135. The zero-order chi connectivity index (χ0) is 24.4. The Hall–Kier alpha value is -3.45. The Labute approximate surface area is 210 Å². The second-order valence-corrected chi connectivity index (χ2v) is 9.47. The number of nitrogens with two attached hydrogens (primary N) is 1. The number of aromatic nitrogens is 4. The van der Waals surface area contributed by atoms with Gasteiger partial charge in [-0.3, -0.25) is 4.79 Å². The molecule has 0 radical (unpaired) electrons. The summed E-state index contributed by atoms with van der Waals surface area (Å²) in [5, 5.41) is 0.669. The highest BCUT2D eigenvalue weighted by Crippen LogP contribution is 2.36. The molecule has 0 bridgehead atoms. The molecule has 4 aromatic rings. The van der Waals surface area contributed by atoms with Gasteiger partial charge in [0.15, 0.2) is 0 Å². The van der Waals surface area contributed by atoms with Crippen molar-refractivity contribution < 1.29 is 4.79 Å². The lowest BCUT2D eigenvalue weighted by Crippen LogP contribution is -2.39. The number of amides is 1. The van der Waals surface area contributed by atoms with Crippen LogP contribution in [0, 0.1) is 6.92 Å². The fraction of sp³-hybridized carbons (Fsp3) is 0.333. The quantitative estimate of drug-likeness (QED) is 0.383. The van der Waals surface area contributed by atoms with E-state index in [0.29, 0.717) is 11.4 Å². The van der Waals surface area contributed by atoms with Crippen molar-refractivity contribution in [2.24, 2.45) is 0 Å². The van der Waals surface area contributed by atoms with Crippen molar-refractivity contribution in [2.45, 2.75) is 51.6 Å². The van der Waals surface area contributed by atoms with Crippen molar-refractivity contribution >= 4 is 34.5 Å². The first kappa shape index (κ1) is 23.3. The van der Waals surface area contributed by atoms with Gasteiger partial charge >= 0.3 is 0 Å². The predicted molar refractivity (Wildman–Crippen MR) is 139 cm³/mol. The van der Waals surface area contributed by atoms with Gasteiger partial charge in [0, 0.05) is 36.3 Å². The van der Waals surface area contributed by atoms with E-state index in [1.807, 2.05) is 54.3 Å². The van der Waals surface area contributed by atoms with E-state index in [0.717, 1.165) is 72.5 Å². The summed E-state index contributed by atoms with van der Waals surface area (Å²) < 4.78 is 2.19. The summed E-state index contributed by atoms with van der Waals surface area (Å²) in [5.74, 6) is 1.34. The van der Waals surface area contributed by atoms with Crippen molar-refractivity contribution in [2.75, 3.05) is 12.3 Å². The highest BCUT2D eigenvalue weighted by atomic mass is 35.5. The Bertz CT molecular complexity index is 1350. The molecule has 0 spiro atoms. The van der Waals surface area contributed by atoms with Crippen LogP contribution in [0.2, 0.25) is 5.02 Å². The first-order valence-electron chi connectivity index (χ1n) is 12.1.